The summed E-state index contributed by atoms with van der Waals surface area (Å²) in [7, 11) is 1.84. The molecule has 7 heteroatoms. The van der Waals surface area contributed by atoms with Crippen LogP contribution in [0, 0.1) is 5.41 Å². The van der Waals surface area contributed by atoms with Crippen molar-refractivity contribution >= 4 is 29.1 Å². The second-order valence-corrected chi connectivity index (χ2v) is 11.8. The summed E-state index contributed by atoms with van der Waals surface area (Å²) in [5.74, 6) is 0.0114. The predicted octanol–water partition coefficient (Wildman–Crippen LogP) is 6.02. The Balaban J connectivity index is 1.10. The van der Waals surface area contributed by atoms with Gasteiger partial charge in [-0.15, -0.1) is 0 Å². The summed E-state index contributed by atoms with van der Waals surface area (Å²) in [6, 6.07) is 17.3. The van der Waals surface area contributed by atoms with E-state index in [2.05, 4.69) is 22.0 Å². The van der Waals surface area contributed by atoms with Gasteiger partial charge >= 0.3 is 0 Å². The number of likely N-dealkylation sites (tertiary alicyclic amines) is 1. The van der Waals surface area contributed by atoms with E-state index in [9.17, 15) is 9.59 Å². The Kier molecular flexibility index (Phi) is 7.06. The van der Waals surface area contributed by atoms with Crippen LogP contribution in [0.1, 0.15) is 70.0 Å². The first-order chi connectivity index (χ1) is 18.9. The van der Waals surface area contributed by atoms with E-state index < -0.39 is 0 Å². The molecule has 6 rings (SSSR count). The number of hydrogen-bond acceptors (Lipinski definition) is 4. The molecule has 0 saturated carbocycles. The molecule has 0 bridgehead atoms. The van der Waals surface area contributed by atoms with Gasteiger partial charge in [-0.2, -0.15) is 0 Å². The van der Waals surface area contributed by atoms with Crippen LogP contribution in [0.5, 0.6) is 0 Å². The first kappa shape index (κ1) is 25.9. The van der Waals surface area contributed by atoms with Gasteiger partial charge < -0.3 is 14.7 Å². The van der Waals surface area contributed by atoms with Crippen LogP contribution in [0.15, 0.2) is 67.0 Å². The molecule has 2 amide bonds. The van der Waals surface area contributed by atoms with Crippen molar-refractivity contribution in [1.82, 2.24) is 14.8 Å². The number of carbonyl (C=O) groups is 2. The zero-order chi connectivity index (χ0) is 27.0. The van der Waals surface area contributed by atoms with Crippen molar-refractivity contribution < 1.29 is 9.59 Å². The summed E-state index contributed by atoms with van der Waals surface area (Å²) in [5, 5.41) is 0.460. The fourth-order valence-corrected chi connectivity index (χ4v) is 6.95. The smallest absolute Gasteiger partial charge is 0.255 e. The molecule has 3 aliphatic rings. The Hall–Kier alpha value is -3.38. The molecule has 2 saturated heterocycles. The largest absolute Gasteiger partial charge is 0.370 e. The van der Waals surface area contributed by atoms with Crippen molar-refractivity contribution in [3.05, 3.63) is 94.3 Å². The molecule has 2 aliphatic heterocycles. The number of nitrogens with zero attached hydrogens (tertiary/aromatic N) is 4. The molecule has 202 valence electrons. The Bertz CT molecular complexity index is 1360. The number of anilines is 1. The van der Waals surface area contributed by atoms with E-state index in [-0.39, 0.29) is 17.9 Å². The number of halogens is 1. The maximum Gasteiger partial charge on any atom is 0.255 e. The molecule has 3 heterocycles. The van der Waals surface area contributed by atoms with Gasteiger partial charge in [-0.05, 0) is 91.5 Å². The van der Waals surface area contributed by atoms with Gasteiger partial charge in [0.2, 0.25) is 0 Å². The number of aromatic nitrogens is 1. The van der Waals surface area contributed by atoms with Crippen molar-refractivity contribution in [2.75, 3.05) is 38.1 Å². The molecule has 1 unspecified atom stereocenters. The van der Waals surface area contributed by atoms with E-state index in [1.165, 1.54) is 11.3 Å². The van der Waals surface area contributed by atoms with Crippen molar-refractivity contribution in [2.24, 2.45) is 5.41 Å². The lowest BCUT2D eigenvalue weighted by Crippen LogP contribution is -2.48. The topological polar surface area (TPSA) is 56.8 Å². The number of rotatable bonds is 4. The molecule has 1 spiro atoms. The van der Waals surface area contributed by atoms with Crippen LogP contribution in [0.25, 0.3) is 0 Å². The summed E-state index contributed by atoms with van der Waals surface area (Å²) in [6.07, 6.45) is 9.96. The number of amides is 2. The Morgan fingerprint density at radius 3 is 2.44 bits per heavy atom. The minimum Gasteiger partial charge on any atom is -0.370 e. The zero-order valence-corrected chi connectivity index (χ0v) is 23.2. The van der Waals surface area contributed by atoms with E-state index in [1.807, 2.05) is 54.7 Å². The third kappa shape index (κ3) is 5.03. The van der Waals surface area contributed by atoms with Crippen molar-refractivity contribution in [3.63, 3.8) is 0 Å². The lowest BCUT2D eigenvalue weighted by atomic mass is 9.71. The molecule has 1 aromatic heterocycles. The summed E-state index contributed by atoms with van der Waals surface area (Å²) in [5.41, 5.74) is 5.07. The summed E-state index contributed by atoms with van der Waals surface area (Å²) >= 11 is 6.31. The molecule has 1 aliphatic carbocycles. The number of hydrogen-bond donors (Lipinski definition) is 0. The molecule has 2 fully saturated rings. The fraction of sp³-hybridized carbons (Fsp3) is 0.406. The second kappa shape index (κ2) is 10.6. The van der Waals surface area contributed by atoms with Crippen LogP contribution < -0.4 is 4.90 Å². The van der Waals surface area contributed by atoms with Crippen molar-refractivity contribution in [3.8, 4) is 0 Å². The van der Waals surface area contributed by atoms with E-state index in [0.717, 1.165) is 75.8 Å². The molecular weight excluding hydrogens is 508 g/mol. The number of fused-ring (bicyclic) bond motifs is 1. The van der Waals surface area contributed by atoms with Gasteiger partial charge in [0.1, 0.15) is 0 Å². The highest BCUT2D eigenvalue weighted by Gasteiger charge is 2.39. The van der Waals surface area contributed by atoms with Crippen LogP contribution in [0.2, 0.25) is 5.02 Å². The van der Waals surface area contributed by atoms with Gasteiger partial charge in [0.15, 0.2) is 0 Å². The quantitative estimate of drug-likeness (QED) is 0.405. The monoisotopic (exact) mass is 542 g/mol. The highest BCUT2D eigenvalue weighted by molar-refractivity contribution is 6.33. The molecule has 6 nitrogen and oxygen atoms in total. The van der Waals surface area contributed by atoms with Gasteiger partial charge in [-0.1, -0.05) is 29.8 Å². The second-order valence-electron chi connectivity index (χ2n) is 11.4. The standard InChI is InChI=1S/C32H35ClN4O2/c1-35(31(39)26-6-2-3-7-28(26)33)29-11-10-23-8-9-24(21-27(23)29)30(38)37-19-14-32(15-20-37)12-17-36(18-13-32)25-5-4-16-34-22-25/h2-9,16,21-22,29H,10-15,17-20H2,1H3. The summed E-state index contributed by atoms with van der Waals surface area (Å²) in [6.45, 7) is 3.70. The highest BCUT2D eigenvalue weighted by Crippen LogP contribution is 2.43. The highest BCUT2D eigenvalue weighted by atomic mass is 35.5. The molecule has 39 heavy (non-hydrogen) atoms. The minimum absolute atomic E-state index is 0.0638. The van der Waals surface area contributed by atoms with Gasteiger partial charge in [0.25, 0.3) is 11.8 Å². The minimum atomic E-state index is -0.0916. The Morgan fingerprint density at radius 1 is 0.974 bits per heavy atom. The van der Waals surface area contributed by atoms with Crippen LogP contribution in [0.3, 0.4) is 0 Å². The summed E-state index contributed by atoms with van der Waals surface area (Å²) < 4.78 is 0. The molecule has 0 N–H and O–H groups in total. The normalized spacial score (nSPS) is 20.1. The number of benzene rings is 2. The van der Waals surface area contributed by atoms with Crippen LogP contribution in [0.4, 0.5) is 5.69 Å². The first-order valence-corrected chi connectivity index (χ1v) is 14.4. The maximum absolute atomic E-state index is 13.6. The third-order valence-corrected chi connectivity index (χ3v) is 9.61. The van der Waals surface area contributed by atoms with Crippen molar-refractivity contribution in [1.29, 1.82) is 0 Å². The van der Waals surface area contributed by atoms with Gasteiger partial charge in [0, 0.05) is 45.0 Å². The number of piperidine rings is 2. The average Bonchev–Trinajstić information content (AvgIpc) is 3.41. The Morgan fingerprint density at radius 2 is 1.72 bits per heavy atom. The lowest BCUT2D eigenvalue weighted by Gasteiger charge is -2.47. The first-order valence-electron chi connectivity index (χ1n) is 14.0. The third-order valence-electron chi connectivity index (χ3n) is 9.28. The number of aryl methyl sites for hydroxylation is 1. The van der Waals surface area contributed by atoms with E-state index in [4.69, 9.17) is 11.6 Å². The van der Waals surface area contributed by atoms with Crippen LogP contribution in [-0.2, 0) is 6.42 Å². The SMILES string of the molecule is CN(C(=O)c1ccccc1Cl)C1CCc2ccc(C(=O)N3CCC4(CC3)CCN(c3cccnc3)CC4)cc21. The van der Waals surface area contributed by atoms with Crippen molar-refractivity contribution in [2.45, 2.75) is 44.6 Å². The van der Waals surface area contributed by atoms with Gasteiger partial charge in [-0.25, -0.2) is 0 Å². The fourth-order valence-electron chi connectivity index (χ4n) is 6.73. The molecule has 2 aromatic carbocycles. The molecule has 1 atom stereocenters. The Labute approximate surface area is 235 Å². The molecule has 0 radical (unpaired) electrons. The zero-order valence-electron chi connectivity index (χ0n) is 22.5. The molecular formula is C32H35ClN4O2. The van der Waals surface area contributed by atoms with Gasteiger partial charge in [-0.3, -0.25) is 14.6 Å². The number of carbonyl (C=O) groups excluding carboxylic acids is 2. The summed E-state index contributed by atoms with van der Waals surface area (Å²) in [4.78, 5) is 37.4. The predicted molar refractivity (Wildman–Crippen MR) is 154 cm³/mol. The van der Waals surface area contributed by atoms with Gasteiger partial charge in [0.05, 0.1) is 28.5 Å². The lowest BCUT2D eigenvalue weighted by molar-refractivity contribution is 0.0515. The van der Waals surface area contributed by atoms with Crippen LogP contribution >= 0.6 is 11.6 Å². The van der Waals surface area contributed by atoms with E-state index >= 15 is 0 Å². The average molecular weight is 543 g/mol. The molecule has 3 aromatic rings. The van der Waals surface area contributed by atoms with E-state index in [0.29, 0.717) is 16.0 Å². The maximum atomic E-state index is 13.6. The van der Waals surface area contributed by atoms with Crippen LogP contribution in [-0.4, -0.2) is 59.8 Å². The van der Waals surface area contributed by atoms with E-state index in [1.54, 1.807) is 17.0 Å². The number of pyridine rings is 1.